The van der Waals surface area contributed by atoms with Crippen LogP contribution in [0.25, 0.3) is 0 Å². The highest BCUT2D eigenvalue weighted by Crippen LogP contribution is 2.08. The highest BCUT2D eigenvalue weighted by molar-refractivity contribution is 5.95. The van der Waals surface area contributed by atoms with E-state index < -0.39 is 0 Å². The van der Waals surface area contributed by atoms with Gasteiger partial charge in [0.25, 0.3) is 5.91 Å². The number of pyridine rings is 2. The summed E-state index contributed by atoms with van der Waals surface area (Å²) in [5.74, 6) is -0.128. The van der Waals surface area contributed by atoms with E-state index >= 15 is 0 Å². The predicted octanol–water partition coefficient (Wildman–Crippen LogP) is 7.28. The van der Waals surface area contributed by atoms with Gasteiger partial charge in [0.05, 0.1) is 41.7 Å². The third kappa shape index (κ3) is 12.3. The van der Waals surface area contributed by atoms with Crippen molar-refractivity contribution in [2.45, 2.75) is 19.6 Å². The fraction of sp³-hybridized carbons (Fsp3) is 0.0750. The maximum absolute atomic E-state index is 12.1. The summed E-state index contributed by atoms with van der Waals surface area (Å²) in [6.45, 7) is 1.99. The first-order valence-electron chi connectivity index (χ1n) is 15.9. The summed E-state index contributed by atoms with van der Waals surface area (Å²) in [5.41, 5.74) is 13.5. The van der Waals surface area contributed by atoms with E-state index in [9.17, 15) is 4.79 Å². The Hall–Kier alpha value is -6.45. The molecule has 0 saturated heterocycles. The molecule has 0 saturated carbocycles. The molecule has 0 fully saturated rings. The van der Waals surface area contributed by atoms with Gasteiger partial charge < -0.3 is 10.6 Å². The third-order valence-corrected chi connectivity index (χ3v) is 7.03. The van der Waals surface area contributed by atoms with Gasteiger partial charge in [-0.25, -0.2) is 0 Å². The van der Waals surface area contributed by atoms with Crippen LogP contribution in [0.4, 0.5) is 11.4 Å². The van der Waals surface area contributed by atoms with Gasteiger partial charge in [0.2, 0.25) is 0 Å². The maximum Gasteiger partial charge on any atom is 0.251 e. The number of hydrogen-bond acceptors (Lipinski definition) is 8. The number of hydrogen-bond donors (Lipinski definition) is 4. The van der Waals surface area contributed by atoms with Crippen LogP contribution in [-0.2, 0) is 19.6 Å². The van der Waals surface area contributed by atoms with Crippen molar-refractivity contribution >= 4 is 29.7 Å². The molecule has 49 heavy (non-hydrogen) atoms. The average Bonchev–Trinajstić information content (AvgIpc) is 3.17. The van der Waals surface area contributed by atoms with Crippen molar-refractivity contribution in [2.75, 3.05) is 10.9 Å². The van der Waals surface area contributed by atoms with E-state index in [0.717, 1.165) is 47.0 Å². The van der Waals surface area contributed by atoms with Crippen molar-refractivity contribution in [3.05, 3.63) is 192 Å². The lowest BCUT2D eigenvalue weighted by molar-refractivity contribution is 0.0950. The average molecular weight is 647 g/mol. The fourth-order valence-corrected chi connectivity index (χ4v) is 4.44. The van der Waals surface area contributed by atoms with Crippen LogP contribution in [-0.4, -0.2) is 28.3 Å². The first-order chi connectivity index (χ1) is 24.2. The Kier molecular flexibility index (Phi) is 13.3. The minimum atomic E-state index is -0.128. The Balaban J connectivity index is 0.000000191. The molecule has 0 aliphatic rings. The normalized spacial score (nSPS) is 10.7. The molecule has 4 N–H and O–H groups in total. The van der Waals surface area contributed by atoms with Gasteiger partial charge >= 0.3 is 0 Å². The maximum atomic E-state index is 12.1. The lowest BCUT2D eigenvalue weighted by Gasteiger charge is -2.05. The number of aromatic nitrogens is 2. The van der Waals surface area contributed by atoms with E-state index in [2.05, 4.69) is 65.9 Å². The fourth-order valence-electron chi connectivity index (χ4n) is 4.44. The molecule has 9 heteroatoms. The van der Waals surface area contributed by atoms with Gasteiger partial charge in [-0.05, 0) is 77.4 Å². The second-order valence-corrected chi connectivity index (χ2v) is 10.8. The summed E-state index contributed by atoms with van der Waals surface area (Å²) >= 11 is 0. The number of benzene rings is 4. The van der Waals surface area contributed by atoms with E-state index in [0.29, 0.717) is 12.1 Å². The second-order valence-electron chi connectivity index (χ2n) is 10.8. The molecule has 6 rings (SSSR count). The van der Waals surface area contributed by atoms with Gasteiger partial charge in [-0.15, -0.1) is 0 Å². The first kappa shape index (κ1) is 33.9. The molecule has 1 amide bonds. The summed E-state index contributed by atoms with van der Waals surface area (Å²) in [7, 11) is 0. The van der Waals surface area contributed by atoms with E-state index in [1.807, 2.05) is 122 Å². The lowest BCUT2D eigenvalue weighted by Crippen LogP contribution is -2.23. The molecule has 0 radical (unpaired) electrons. The van der Waals surface area contributed by atoms with Crippen LogP contribution in [0.3, 0.4) is 0 Å². The van der Waals surface area contributed by atoms with E-state index in [4.69, 9.17) is 0 Å². The zero-order chi connectivity index (χ0) is 33.8. The van der Waals surface area contributed by atoms with Gasteiger partial charge in [-0.1, -0.05) is 84.9 Å². The molecule has 0 unspecified atom stereocenters. The Morgan fingerprint density at radius 2 is 1.02 bits per heavy atom. The van der Waals surface area contributed by atoms with E-state index in [1.165, 1.54) is 5.56 Å². The summed E-state index contributed by atoms with van der Waals surface area (Å²) in [6.07, 6.45) is 7.05. The molecule has 0 bridgehead atoms. The monoisotopic (exact) mass is 646 g/mol. The van der Waals surface area contributed by atoms with Crippen molar-refractivity contribution in [3.8, 4) is 0 Å². The minimum absolute atomic E-state index is 0.128. The molecular weight excluding hydrogens is 608 g/mol. The number of nitrogens with zero attached hydrogens (tertiary/aromatic N) is 4. The van der Waals surface area contributed by atoms with Crippen molar-refractivity contribution in [3.63, 3.8) is 0 Å². The Labute approximate surface area is 286 Å². The zero-order valence-corrected chi connectivity index (χ0v) is 27.0. The molecule has 4 aromatic carbocycles. The van der Waals surface area contributed by atoms with E-state index in [1.54, 1.807) is 24.5 Å². The largest absolute Gasteiger partial charge is 0.346 e. The van der Waals surface area contributed by atoms with Crippen LogP contribution in [0.1, 0.15) is 38.4 Å². The van der Waals surface area contributed by atoms with Gasteiger partial charge in [0.15, 0.2) is 0 Å². The number of hydrazone groups is 2. The highest BCUT2D eigenvalue weighted by atomic mass is 16.1. The number of anilines is 2. The number of carbonyl (C=O) groups excluding carboxylic acids is 1. The first-order valence-corrected chi connectivity index (χ1v) is 15.9. The van der Waals surface area contributed by atoms with Gasteiger partial charge in [0, 0.05) is 31.0 Å². The van der Waals surface area contributed by atoms with E-state index in [-0.39, 0.29) is 5.91 Å². The molecular formula is C40H38N8O. The standard InChI is InChI=1S/C20H18N4O.C20H20N4/c25-20(22-15-19-8-4-5-13-21-19)17-11-9-16(10-12-17)14-23-24-18-6-2-1-3-7-18;1-2-6-19(7-3-1)24-23-15-18-11-9-17(10-12-18)14-21-16-20-8-4-5-13-22-20/h1-14,24H,15H2,(H,22,25);1-13,15,21,24H,14,16H2/b23-14+;23-15+. The van der Waals surface area contributed by atoms with Crippen molar-refractivity contribution < 1.29 is 4.79 Å². The number of amides is 1. The van der Waals surface area contributed by atoms with Crippen LogP contribution >= 0.6 is 0 Å². The molecule has 0 aliphatic carbocycles. The summed E-state index contributed by atoms with van der Waals surface area (Å²) in [5, 5.41) is 14.7. The van der Waals surface area contributed by atoms with Crippen molar-refractivity contribution in [1.29, 1.82) is 0 Å². The third-order valence-electron chi connectivity index (χ3n) is 7.03. The van der Waals surface area contributed by atoms with Crippen LogP contribution in [0.2, 0.25) is 0 Å². The Bertz CT molecular complexity index is 1870. The Morgan fingerprint density at radius 1 is 0.531 bits per heavy atom. The predicted molar refractivity (Wildman–Crippen MR) is 198 cm³/mol. The molecule has 9 nitrogen and oxygen atoms in total. The molecule has 0 spiro atoms. The quantitative estimate of drug-likeness (QED) is 0.0775. The smallest absolute Gasteiger partial charge is 0.251 e. The SMILES string of the molecule is C(=N\Nc1ccccc1)/c1ccc(CNCc2ccccn2)cc1.O=C(NCc1ccccn1)c1ccc(/C=N/Nc2ccccc2)cc1. The number of rotatable bonds is 13. The number of para-hydroxylation sites is 2. The number of carbonyl (C=O) groups is 1. The van der Waals surface area contributed by atoms with Crippen LogP contribution in [0.15, 0.2) is 168 Å². The molecule has 2 aromatic heterocycles. The van der Waals surface area contributed by atoms with Crippen LogP contribution in [0, 0.1) is 0 Å². The lowest BCUT2D eigenvalue weighted by atomic mass is 10.1. The number of nitrogens with one attached hydrogen (secondary N) is 4. The molecule has 2 heterocycles. The van der Waals surface area contributed by atoms with Gasteiger partial charge in [-0.3, -0.25) is 25.6 Å². The zero-order valence-electron chi connectivity index (χ0n) is 27.0. The summed E-state index contributed by atoms with van der Waals surface area (Å²) in [4.78, 5) is 20.6. The molecule has 0 aliphatic heterocycles. The topological polar surface area (TPSA) is 116 Å². The van der Waals surface area contributed by atoms with Crippen LogP contribution < -0.4 is 21.5 Å². The van der Waals surface area contributed by atoms with Crippen molar-refractivity contribution in [2.24, 2.45) is 10.2 Å². The van der Waals surface area contributed by atoms with Crippen LogP contribution in [0.5, 0.6) is 0 Å². The molecule has 244 valence electrons. The van der Waals surface area contributed by atoms with Gasteiger partial charge in [0.1, 0.15) is 0 Å². The van der Waals surface area contributed by atoms with Gasteiger partial charge in [-0.2, -0.15) is 10.2 Å². The second kappa shape index (κ2) is 19.3. The molecule has 0 atom stereocenters. The molecule has 6 aromatic rings. The summed E-state index contributed by atoms with van der Waals surface area (Å²) in [6, 6.07) is 46.8. The van der Waals surface area contributed by atoms with Crippen molar-refractivity contribution in [1.82, 2.24) is 20.6 Å². The highest BCUT2D eigenvalue weighted by Gasteiger charge is 2.05. The summed E-state index contributed by atoms with van der Waals surface area (Å²) < 4.78 is 0. The Morgan fingerprint density at radius 3 is 1.53 bits per heavy atom. The minimum Gasteiger partial charge on any atom is -0.346 e.